The first kappa shape index (κ1) is 14.0. The molecule has 0 bridgehead atoms. The van der Waals surface area contributed by atoms with Crippen LogP contribution in [0.5, 0.6) is 0 Å². The van der Waals surface area contributed by atoms with Gasteiger partial charge in [0.15, 0.2) is 0 Å². The van der Waals surface area contributed by atoms with E-state index in [0.29, 0.717) is 16.8 Å². The van der Waals surface area contributed by atoms with E-state index in [2.05, 4.69) is 27.9 Å². The summed E-state index contributed by atoms with van der Waals surface area (Å²) >= 11 is 2.14. The van der Waals surface area contributed by atoms with Gasteiger partial charge in [-0.2, -0.15) is 0 Å². The monoisotopic (exact) mass is 369 g/mol. The smallest absolute Gasteiger partial charge is 0.256 e. The van der Waals surface area contributed by atoms with Gasteiger partial charge in [0.2, 0.25) is 0 Å². The number of benzene rings is 2. The molecular formula is C15H13FINO. The number of halogens is 2. The molecular weight excluding hydrogens is 356 g/mol. The summed E-state index contributed by atoms with van der Waals surface area (Å²) < 4.78 is 14.3. The third-order valence-electron chi connectivity index (χ3n) is 2.95. The highest BCUT2D eigenvalue weighted by atomic mass is 127. The molecule has 1 amide bonds. The summed E-state index contributed by atoms with van der Waals surface area (Å²) in [6.45, 7) is 3.60. The fourth-order valence-corrected chi connectivity index (χ4v) is 2.36. The van der Waals surface area contributed by atoms with E-state index in [9.17, 15) is 9.18 Å². The van der Waals surface area contributed by atoms with E-state index in [1.165, 1.54) is 6.07 Å². The molecule has 2 rings (SSSR count). The average molecular weight is 369 g/mol. The Labute approximate surface area is 125 Å². The summed E-state index contributed by atoms with van der Waals surface area (Å²) in [5.74, 6) is -0.543. The number of aryl methyl sites for hydroxylation is 1. The van der Waals surface area contributed by atoms with Crippen LogP contribution in [0, 0.1) is 23.2 Å². The normalized spacial score (nSPS) is 10.3. The van der Waals surface area contributed by atoms with Crippen LogP contribution in [0.25, 0.3) is 0 Å². The summed E-state index contributed by atoms with van der Waals surface area (Å²) in [6, 6.07) is 10.2. The Morgan fingerprint density at radius 1 is 1.16 bits per heavy atom. The van der Waals surface area contributed by atoms with Crippen molar-refractivity contribution in [2.45, 2.75) is 13.8 Å². The molecule has 2 nitrogen and oxygen atoms in total. The molecule has 19 heavy (non-hydrogen) atoms. The van der Waals surface area contributed by atoms with E-state index in [-0.39, 0.29) is 11.7 Å². The summed E-state index contributed by atoms with van der Waals surface area (Å²) in [5.41, 5.74) is 2.59. The lowest BCUT2D eigenvalue weighted by Gasteiger charge is -2.11. The number of amides is 1. The van der Waals surface area contributed by atoms with Crippen molar-refractivity contribution in [1.29, 1.82) is 0 Å². The Morgan fingerprint density at radius 2 is 1.84 bits per heavy atom. The number of anilines is 1. The molecule has 0 atom stereocenters. The molecule has 0 radical (unpaired) electrons. The topological polar surface area (TPSA) is 29.1 Å². The van der Waals surface area contributed by atoms with Crippen molar-refractivity contribution in [3.63, 3.8) is 0 Å². The zero-order valence-corrected chi connectivity index (χ0v) is 12.8. The van der Waals surface area contributed by atoms with Gasteiger partial charge in [-0.1, -0.05) is 18.2 Å². The van der Waals surface area contributed by atoms with Gasteiger partial charge in [0.25, 0.3) is 5.91 Å². The summed E-state index contributed by atoms with van der Waals surface area (Å²) in [5, 5.41) is 2.75. The van der Waals surface area contributed by atoms with Gasteiger partial charge in [-0.05, 0) is 60.2 Å². The van der Waals surface area contributed by atoms with Crippen LogP contribution in [-0.4, -0.2) is 5.91 Å². The summed E-state index contributed by atoms with van der Waals surface area (Å²) in [4.78, 5) is 12.2. The molecule has 0 aromatic heterocycles. The first-order valence-corrected chi connectivity index (χ1v) is 6.90. The standard InChI is InChI=1S/C15H13FINO/c1-9-5-3-6-11(14(9)17)15(19)18-13-8-4-7-12(16)10(13)2/h3-8H,1-2H3,(H,18,19). The Morgan fingerprint density at radius 3 is 2.58 bits per heavy atom. The van der Waals surface area contributed by atoms with Gasteiger partial charge in [0.05, 0.1) is 5.56 Å². The van der Waals surface area contributed by atoms with Crippen molar-refractivity contribution in [3.8, 4) is 0 Å². The van der Waals surface area contributed by atoms with Gasteiger partial charge in [0, 0.05) is 14.8 Å². The van der Waals surface area contributed by atoms with Crippen molar-refractivity contribution in [2.24, 2.45) is 0 Å². The first-order valence-electron chi connectivity index (χ1n) is 5.82. The second kappa shape index (κ2) is 5.69. The van der Waals surface area contributed by atoms with Crippen LogP contribution in [0.4, 0.5) is 10.1 Å². The fourth-order valence-electron chi connectivity index (χ4n) is 1.76. The predicted octanol–water partition coefficient (Wildman–Crippen LogP) is 4.30. The lowest BCUT2D eigenvalue weighted by atomic mass is 10.1. The molecule has 0 saturated carbocycles. The Bertz CT molecular complexity index is 640. The zero-order valence-electron chi connectivity index (χ0n) is 10.6. The van der Waals surface area contributed by atoms with Crippen LogP contribution < -0.4 is 5.32 Å². The molecule has 0 fully saturated rings. The van der Waals surface area contributed by atoms with E-state index in [4.69, 9.17) is 0 Å². The van der Waals surface area contributed by atoms with Gasteiger partial charge in [-0.3, -0.25) is 4.79 Å². The van der Waals surface area contributed by atoms with Gasteiger partial charge in [-0.15, -0.1) is 0 Å². The van der Waals surface area contributed by atoms with Crippen LogP contribution in [-0.2, 0) is 0 Å². The van der Waals surface area contributed by atoms with Crippen LogP contribution in [0.3, 0.4) is 0 Å². The molecule has 98 valence electrons. The molecule has 0 aliphatic carbocycles. The number of hydrogen-bond donors (Lipinski definition) is 1. The van der Waals surface area contributed by atoms with Gasteiger partial charge in [-0.25, -0.2) is 4.39 Å². The van der Waals surface area contributed by atoms with Gasteiger partial charge >= 0.3 is 0 Å². The minimum Gasteiger partial charge on any atom is -0.322 e. The lowest BCUT2D eigenvalue weighted by molar-refractivity contribution is 0.102. The van der Waals surface area contributed by atoms with E-state index < -0.39 is 0 Å². The van der Waals surface area contributed by atoms with Crippen molar-refractivity contribution in [3.05, 3.63) is 62.5 Å². The molecule has 0 saturated heterocycles. The highest BCUT2D eigenvalue weighted by Gasteiger charge is 2.13. The summed E-state index contributed by atoms with van der Waals surface area (Å²) in [6.07, 6.45) is 0. The molecule has 0 aliphatic heterocycles. The molecule has 0 aliphatic rings. The quantitative estimate of drug-likeness (QED) is 0.786. The number of hydrogen-bond acceptors (Lipinski definition) is 1. The number of rotatable bonds is 2. The lowest BCUT2D eigenvalue weighted by Crippen LogP contribution is -2.15. The maximum Gasteiger partial charge on any atom is 0.256 e. The Balaban J connectivity index is 2.31. The van der Waals surface area contributed by atoms with E-state index in [0.717, 1.165) is 9.13 Å². The second-order valence-electron chi connectivity index (χ2n) is 4.30. The van der Waals surface area contributed by atoms with Crippen molar-refractivity contribution in [1.82, 2.24) is 0 Å². The minimum atomic E-state index is -0.322. The molecule has 0 heterocycles. The maximum absolute atomic E-state index is 13.4. The van der Waals surface area contributed by atoms with E-state index >= 15 is 0 Å². The predicted molar refractivity (Wildman–Crippen MR) is 83.0 cm³/mol. The molecule has 0 spiro atoms. The molecule has 4 heteroatoms. The molecule has 0 unspecified atom stereocenters. The second-order valence-corrected chi connectivity index (χ2v) is 5.38. The van der Waals surface area contributed by atoms with Crippen LogP contribution in [0.1, 0.15) is 21.5 Å². The van der Waals surface area contributed by atoms with E-state index in [1.54, 1.807) is 25.1 Å². The largest absolute Gasteiger partial charge is 0.322 e. The van der Waals surface area contributed by atoms with E-state index in [1.807, 2.05) is 19.1 Å². The van der Waals surface area contributed by atoms with Crippen LogP contribution >= 0.6 is 22.6 Å². The molecule has 2 aromatic carbocycles. The maximum atomic E-state index is 13.4. The third kappa shape index (κ3) is 2.94. The van der Waals surface area contributed by atoms with Crippen LogP contribution in [0.2, 0.25) is 0 Å². The Hall–Kier alpha value is -1.43. The van der Waals surface area contributed by atoms with Gasteiger partial charge in [0.1, 0.15) is 5.82 Å². The summed E-state index contributed by atoms with van der Waals surface area (Å²) in [7, 11) is 0. The first-order chi connectivity index (χ1) is 9.00. The number of carbonyl (C=O) groups is 1. The van der Waals surface area contributed by atoms with Crippen molar-refractivity contribution >= 4 is 34.2 Å². The minimum absolute atomic E-state index is 0.221. The van der Waals surface area contributed by atoms with Crippen molar-refractivity contribution in [2.75, 3.05) is 5.32 Å². The fraction of sp³-hybridized carbons (Fsp3) is 0.133. The highest BCUT2D eigenvalue weighted by molar-refractivity contribution is 14.1. The third-order valence-corrected chi connectivity index (χ3v) is 4.38. The number of nitrogens with one attached hydrogen (secondary N) is 1. The van der Waals surface area contributed by atoms with Crippen molar-refractivity contribution < 1.29 is 9.18 Å². The zero-order chi connectivity index (χ0) is 14.0. The number of carbonyl (C=O) groups excluding carboxylic acids is 1. The molecule has 1 N–H and O–H groups in total. The highest BCUT2D eigenvalue weighted by Crippen LogP contribution is 2.21. The Kier molecular flexibility index (Phi) is 4.19. The van der Waals surface area contributed by atoms with Gasteiger partial charge < -0.3 is 5.32 Å². The van der Waals surface area contributed by atoms with Crippen LogP contribution in [0.15, 0.2) is 36.4 Å². The average Bonchev–Trinajstić information content (AvgIpc) is 2.38. The SMILES string of the molecule is Cc1cccc(C(=O)Nc2cccc(F)c2C)c1I. The molecule has 2 aromatic rings.